The number of methoxy groups -OCH3 is 2. The molecule has 0 spiro atoms. The van der Waals surface area contributed by atoms with Crippen LogP contribution >= 0.6 is 0 Å². The first-order valence-corrected chi connectivity index (χ1v) is 8.28. The second-order valence-electron chi connectivity index (χ2n) is 5.34. The van der Waals surface area contributed by atoms with Crippen molar-refractivity contribution in [2.45, 2.75) is 37.9 Å². The second-order valence-corrected chi connectivity index (χ2v) is 5.34. The van der Waals surface area contributed by atoms with Gasteiger partial charge < -0.3 is 33.9 Å². The lowest BCUT2D eigenvalue weighted by Gasteiger charge is -2.10. The van der Waals surface area contributed by atoms with Gasteiger partial charge in [0, 0.05) is 53.9 Å². The Morgan fingerprint density at radius 1 is 0.609 bits per heavy atom. The summed E-state index contributed by atoms with van der Waals surface area (Å²) in [7, 11) is 3.13. The molecule has 0 saturated heterocycles. The van der Waals surface area contributed by atoms with Gasteiger partial charge in [-0.05, 0) is 25.7 Å². The van der Waals surface area contributed by atoms with Crippen LogP contribution in [0.1, 0.15) is 25.7 Å². The molecule has 0 aromatic heterocycles. The van der Waals surface area contributed by atoms with Crippen molar-refractivity contribution in [3.63, 3.8) is 0 Å². The Hall–Kier alpha value is -0.280. The molecule has 0 aromatic carbocycles. The van der Waals surface area contributed by atoms with E-state index in [1.54, 1.807) is 14.2 Å². The lowest BCUT2D eigenvalue weighted by Crippen LogP contribution is -2.17. The molecule has 2 atom stereocenters. The van der Waals surface area contributed by atoms with Gasteiger partial charge in [0.15, 0.2) is 0 Å². The summed E-state index contributed by atoms with van der Waals surface area (Å²) < 4.78 is 25.9. The number of ether oxygens (including phenoxy) is 5. The van der Waals surface area contributed by atoms with Crippen molar-refractivity contribution in [2.75, 3.05) is 67.1 Å². The van der Waals surface area contributed by atoms with E-state index in [2.05, 4.69) is 0 Å². The fraction of sp³-hybridized carbons (Fsp3) is 1.00. The summed E-state index contributed by atoms with van der Waals surface area (Å²) in [6.45, 7) is 4.35. The molecule has 0 rings (SSSR count). The highest BCUT2D eigenvalue weighted by atomic mass is 16.5. The summed E-state index contributed by atoms with van der Waals surface area (Å²) in [5, 5.41) is 18.8. The molecule has 0 aliphatic rings. The minimum absolute atomic E-state index is 0.347. The SMILES string of the molecule is COCC(O)CCOCCCOCCCOCCC(O)COC. The lowest BCUT2D eigenvalue weighted by atomic mass is 10.3. The third-order valence-corrected chi connectivity index (χ3v) is 3.06. The summed E-state index contributed by atoms with van der Waals surface area (Å²) in [5.74, 6) is 0. The first-order chi connectivity index (χ1) is 11.2. The zero-order chi connectivity index (χ0) is 17.2. The number of rotatable bonds is 18. The minimum Gasteiger partial charge on any atom is -0.391 e. The van der Waals surface area contributed by atoms with Crippen LogP contribution in [-0.2, 0) is 23.7 Å². The van der Waals surface area contributed by atoms with Gasteiger partial charge in [-0.25, -0.2) is 0 Å². The normalized spacial score (nSPS) is 14.1. The van der Waals surface area contributed by atoms with Gasteiger partial charge >= 0.3 is 0 Å². The van der Waals surface area contributed by atoms with Gasteiger partial charge in [-0.3, -0.25) is 0 Å². The summed E-state index contributed by atoms with van der Waals surface area (Å²) in [6.07, 6.45) is 1.95. The van der Waals surface area contributed by atoms with Crippen molar-refractivity contribution in [3.8, 4) is 0 Å². The fourth-order valence-corrected chi connectivity index (χ4v) is 1.82. The van der Waals surface area contributed by atoms with Crippen molar-refractivity contribution in [2.24, 2.45) is 0 Å². The predicted octanol–water partition coefficient (Wildman–Crippen LogP) is 0.611. The van der Waals surface area contributed by atoms with Gasteiger partial charge in [0.2, 0.25) is 0 Å². The molecule has 0 aliphatic carbocycles. The molecule has 0 aliphatic heterocycles. The monoisotopic (exact) mass is 338 g/mol. The summed E-state index contributed by atoms with van der Waals surface area (Å²) in [4.78, 5) is 0. The van der Waals surface area contributed by atoms with Crippen molar-refractivity contribution >= 4 is 0 Å². The van der Waals surface area contributed by atoms with E-state index in [1.807, 2.05) is 0 Å². The quantitative estimate of drug-likeness (QED) is 0.354. The molecule has 7 nitrogen and oxygen atoms in total. The number of aliphatic hydroxyl groups excluding tert-OH is 2. The van der Waals surface area contributed by atoms with Crippen LogP contribution in [0.2, 0.25) is 0 Å². The molecule has 0 aromatic rings. The van der Waals surface area contributed by atoms with E-state index in [0.29, 0.717) is 65.7 Å². The van der Waals surface area contributed by atoms with Gasteiger partial charge in [0.1, 0.15) is 0 Å². The van der Waals surface area contributed by atoms with Crippen LogP contribution in [0.5, 0.6) is 0 Å². The second kappa shape index (κ2) is 18.1. The number of hydrogen-bond donors (Lipinski definition) is 2. The van der Waals surface area contributed by atoms with E-state index in [0.717, 1.165) is 12.8 Å². The van der Waals surface area contributed by atoms with Crippen LogP contribution in [0.15, 0.2) is 0 Å². The molecule has 0 amide bonds. The van der Waals surface area contributed by atoms with E-state index < -0.39 is 12.2 Å². The summed E-state index contributed by atoms with van der Waals surface area (Å²) in [5.41, 5.74) is 0. The highest BCUT2D eigenvalue weighted by molar-refractivity contribution is 4.52. The van der Waals surface area contributed by atoms with Crippen LogP contribution in [0.3, 0.4) is 0 Å². The Balaban J connectivity index is 3.08. The van der Waals surface area contributed by atoms with Crippen LogP contribution in [-0.4, -0.2) is 89.5 Å². The molecular formula is C16H34O7. The van der Waals surface area contributed by atoms with Crippen LogP contribution in [0, 0.1) is 0 Å². The largest absolute Gasteiger partial charge is 0.391 e. The van der Waals surface area contributed by atoms with Crippen molar-refractivity contribution < 1.29 is 33.9 Å². The van der Waals surface area contributed by atoms with Crippen LogP contribution < -0.4 is 0 Å². The van der Waals surface area contributed by atoms with Crippen LogP contribution in [0.25, 0.3) is 0 Å². The topological polar surface area (TPSA) is 86.6 Å². The Kier molecular flexibility index (Phi) is 17.8. The maximum Gasteiger partial charge on any atom is 0.0795 e. The summed E-state index contributed by atoms with van der Waals surface area (Å²) >= 11 is 0. The van der Waals surface area contributed by atoms with Crippen molar-refractivity contribution in [3.05, 3.63) is 0 Å². The Bertz CT molecular complexity index is 206. The van der Waals surface area contributed by atoms with E-state index in [-0.39, 0.29) is 0 Å². The molecule has 7 heteroatoms. The molecular weight excluding hydrogens is 304 g/mol. The average molecular weight is 338 g/mol. The molecule has 2 unspecified atom stereocenters. The van der Waals surface area contributed by atoms with Gasteiger partial charge in [-0.2, -0.15) is 0 Å². The van der Waals surface area contributed by atoms with Gasteiger partial charge in [0.05, 0.1) is 25.4 Å². The van der Waals surface area contributed by atoms with Gasteiger partial charge in [-0.1, -0.05) is 0 Å². The molecule has 23 heavy (non-hydrogen) atoms. The van der Waals surface area contributed by atoms with Crippen LogP contribution in [0.4, 0.5) is 0 Å². The minimum atomic E-state index is -0.452. The smallest absolute Gasteiger partial charge is 0.0795 e. The van der Waals surface area contributed by atoms with E-state index in [1.165, 1.54) is 0 Å². The molecule has 0 saturated carbocycles. The average Bonchev–Trinajstić information content (AvgIpc) is 2.52. The van der Waals surface area contributed by atoms with E-state index in [4.69, 9.17) is 23.7 Å². The number of hydrogen-bond acceptors (Lipinski definition) is 7. The Labute approximate surface area is 139 Å². The van der Waals surface area contributed by atoms with Crippen molar-refractivity contribution in [1.82, 2.24) is 0 Å². The Morgan fingerprint density at radius 2 is 0.957 bits per heavy atom. The highest BCUT2D eigenvalue weighted by Crippen LogP contribution is 1.96. The highest BCUT2D eigenvalue weighted by Gasteiger charge is 2.03. The predicted molar refractivity (Wildman–Crippen MR) is 86.7 cm³/mol. The molecule has 0 bridgehead atoms. The third kappa shape index (κ3) is 17.9. The standard InChI is InChI=1S/C16H34O7/c1-19-13-15(17)5-11-22-9-3-7-21-8-4-10-23-12-6-16(18)14-20-2/h15-18H,3-14H2,1-2H3. The molecule has 0 radical (unpaired) electrons. The van der Waals surface area contributed by atoms with Gasteiger partial charge in [0.25, 0.3) is 0 Å². The number of aliphatic hydroxyl groups is 2. The Morgan fingerprint density at radius 3 is 1.30 bits per heavy atom. The maximum atomic E-state index is 9.41. The fourth-order valence-electron chi connectivity index (χ4n) is 1.82. The zero-order valence-electron chi connectivity index (χ0n) is 14.6. The summed E-state index contributed by atoms with van der Waals surface area (Å²) in [6, 6.07) is 0. The van der Waals surface area contributed by atoms with E-state index >= 15 is 0 Å². The molecule has 2 N–H and O–H groups in total. The zero-order valence-corrected chi connectivity index (χ0v) is 14.6. The first kappa shape index (κ1) is 22.7. The maximum absolute atomic E-state index is 9.41. The first-order valence-electron chi connectivity index (χ1n) is 8.28. The molecule has 0 heterocycles. The molecule has 140 valence electrons. The molecule has 0 fully saturated rings. The van der Waals surface area contributed by atoms with E-state index in [9.17, 15) is 10.2 Å². The van der Waals surface area contributed by atoms with Crippen molar-refractivity contribution in [1.29, 1.82) is 0 Å². The van der Waals surface area contributed by atoms with Gasteiger partial charge in [-0.15, -0.1) is 0 Å². The third-order valence-electron chi connectivity index (χ3n) is 3.06. The lowest BCUT2D eigenvalue weighted by molar-refractivity contribution is 0.0206.